The molecular formula is C11H14N2O3S. The summed E-state index contributed by atoms with van der Waals surface area (Å²) >= 11 is 0. The normalized spacial score (nSPS) is 24.2. The summed E-state index contributed by atoms with van der Waals surface area (Å²) in [4.78, 5) is 4.20. The van der Waals surface area contributed by atoms with E-state index in [1.54, 1.807) is 12.3 Å². The molecule has 5 nitrogen and oxygen atoms in total. The first kappa shape index (κ1) is 12.2. The van der Waals surface area contributed by atoms with Crippen molar-refractivity contribution in [2.45, 2.75) is 24.4 Å². The molecule has 92 valence electrons. The molecule has 0 amide bonds. The highest BCUT2D eigenvalue weighted by molar-refractivity contribution is 7.85. The third-order valence-corrected chi connectivity index (χ3v) is 3.77. The van der Waals surface area contributed by atoms with Crippen LogP contribution in [-0.4, -0.2) is 25.7 Å². The Morgan fingerprint density at radius 2 is 2.18 bits per heavy atom. The van der Waals surface area contributed by atoms with Crippen LogP contribution in [0.5, 0.6) is 0 Å². The van der Waals surface area contributed by atoms with Gasteiger partial charge in [-0.3, -0.25) is 14.9 Å². The van der Waals surface area contributed by atoms with Gasteiger partial charge in [0, 0.05) is 12.8 Å². The van der Waals surface area contributed by atoms with Gasteiger partial charge in [-0.15, -0.1) is 0 Å². The predicted molar refractivity (Wildman–Crippen MR) is 64.8 cm³/mol. The fraction of sp³-hybridized carbons (Fsp3) is 0.364. The van der Waals surface area contributed by atoms with Crippen molar-refractivity contribution in [2.75, 3.05) is 6.54 Å². The number of nitrogens with one attached hydrogen (secondary N) is 1. The number of aryl methyl sites for hydroxylation is 1. The van der Waals surface area contributed by atoms with Gasteiger partial charge in [0.05, 0.1) is 4.90 Å². The SMILES string of the molecule is Cc1ccc(S(=O)(=O)O)cc1C1(C)N=CCN1. The van der Waals surface area contributed by atoms with Crippen molar-refractivity contribution in [3.63, 3.8) is 0 Å². The maximum atomic E-state index is 11.1. The summed E-state index contributed by atoms with van der Waals surface area (Å²) in [6.45, 7) is 4.39. The molecule has 0 saturated carbocycles. The van der Waals surface area contributed by atoms with Gasteiger partial charge in [-0.1, -0.05) is 6.07 Å². The second kappa shape index (κ2) is 3.90. The van der Waals surface area contributed by atoms with Crippen LogP contribution in [0.4, 0.5) is 0 Å². The number of hydrogen-bond donors (Lipinski definition) is 2. The third kappa shape index (κ3) is 2.24. The van der Waals surface area contributed by atoms with Crippen LogP contribution in [-0.2, 0) is 15.8 Å². The predicted octanol–water partition coefficient (Wildman–Crippen LogP) is 1.09. The average molecular weight is 254 g/mol. The lowest BCUT2D eigenvalue weighted by molar-refractivity contribution is 0.432. The molecule has 0 aliphatic carbocycles. The van der Waals surface area contributed by atoms with Crippen molar-refractivity contribution >= 4 is 16.3 Å². The molecule has 1 aromatic carbocycles. The van der Waals surface area contributed by atoms with Crippen molar-refractivity contribution in [3.8, 4) is 0 Å². The first-order valence-electron chi connectivity index (χ1n) is 5.20. The summed E-state index contributed by atoms with van der Waals surface area (Å²) in [5.41, 5.74) is 1.05. The number of hydrogen-bond acceptors (Lipinski definition) is 4. The van der Waals surface area contributed by atoms with Crippen molar-refractivity contribution in [1.29, 1.82) is 0 Å². The lowest BCUT2D eigenvalue weighted by atomic mass is 9.97. The lowest BCUT2D eigenvalue weighted by Gasteiger charge is -2.24. The molecule has 1 aliphatic heterocycles. The number of nitrogens with zero attached hydrogens (tertiary/aromatic N) is 1. The summed E-state index contributed by atoms with van der Waals surface area (Å²) in [5.74, 6) is 0. The maximum absolute atomic E-state index is 11.1. The molecule has 1 heterocycles. The molecule has 1 aromatic rings. The highest BCUT2D eigenvalue weighted by Crippen LogP contribution is 2.29. The third-order valence-electron chi connectivity index (χ3n) is 2.92. The second-order valence-electron chi connectivity index (χ2n) is 4.22. The highest BCUT2D eigenvalue weighted by Gasteiger charge is 2.30. The van der Waals surface area contributed by atoms with Crippen LogP contribution in [0.2, 0.25) is 0 Å². The van der Waals surface area contributed by atoms with E-state index in [4.69, 9.17) is 4.55 Å². The smallest absolute Gasteiger partial charge is 0.285 e. The van der Waals surface area contributed by atoms with Crippen LogP contribution in [0.1, 0.15) is 18.1 Å². The van der Waals surface area contributed by atoms with E-state index >= 15 is 0 Å². The Kier molecular flexibility index (Phi) is 2.81. The van der Waals surface area contributed by atoms with E-state index in [0.29, 0.717) is 6.54 Å². The Hall–Kier alpha value is -1.24. The molecule has 1 unspecified atom stereocenters. The average Bonchev–Trinajstić information content (AvgIpc) is 2.65. The van der Waals surface area contributed by atoms with Crippen molar-refractivity contribution in [2.24, 2.45) is 4.99 Å². The molecule has 0 bridgehead atoms. The summed E-state index contributed by atoms with van der Waals surface area (Å²) in [5, 5.41) is 3.17. The number of aliphatic imine (C=N–C) groups is 1. The van der Waals surface area contributed by atoms with E-state index < -0.39 is 15.8 Å². The molecule has 17 heavy (non-hydrogen) atoms. The van der Waals surface area contributed by atoms with Gasteiger partial charge in [-0.25, -0.2) is 0 Å². The van der Waals surface area contributed by atoms with Crippen LogP contribution < -0.4 is 5.32 Å². The Labute approximate surface area is 100 Å². The van der Waals surface area contributed by atoms with Gasteiger partial charge in [0.2, 0.25) is 0 Å². The summed E-state index contributed by atoms with van der Waals surface area (Å²) in [6.07, 6.45) is 1.75. The Morgan fingerprint density at radius 3 is 2.71 bits per heavy atom. The van der Waals surface area contributed by atoms with Gasteiger partial charge in [-0.05, 0) is 37.1 Å². The fourth-order valence-corrected chi connectivity index (χ4v) is 2.48. The van der Waals surface area contributed by atoms with Gasteiger partial charge >= 0.3 is 0 Å². The van der Waals surface area contributed by atoms with Crippen LogP contribution >= 0.6 is 0 Å². The van der Waals surface area contributed by atoms with Gasteiger partial charge in [0.25, 0.3) is 10.1 Å². The van der Waals surface area contributed by atoms with Crippen molar-refractivity contribution < 1.29 is 13.0 Å². The largest absolute Gasteiger partial charge is 0.294 e. The minimum absolute atomic E-state index is 0.108. The molecule has 0 spiro atoms. The topological polar surface area (TPSA) is 78.8 Å². The Balaban J connectivity index is 2.58. The van der Waals surface area contributed by atoms with Crippen molar-refractivity contribution in [3.05, 3.63) is 29.3 Å². The van der Waals surface area contributed by atoms with E-state index in [2.05, 4.69) is 10.3 Å². The molecule has 2 N–H and O–H groups in total. The van der Waals surface area contributed by atoms with E-state index in [-0.39, 0.29) is 4.90 Å². The molecule has 1 aliphatic rings. The first-order chi connectivity index (χ1) is 7.83. The van der Waals surface area contributed by atoms with E-state index in [0.717, 1.165) is 11.1 Å². The summed E-state index contributed by atoms with van der Waals surface area (Å²) in [7, 11) is -4.18. The Morgan fingerprint density at radius 1 is 1.47 bits per heavy atom. The fourth-order valence-electron chi connectivity index (χ4n) is 1.97. The molecule has 2 rings (SSSR count). The molecule has 6 heteroatoms. The zero-order chi connectivity index (χ0) is 12.7. The molecule has 1 atom stereocenters. The van der Waals surface area contributed by atoms with E-state index in [1.165, 1.54) is 12.1 Å². The molecule has 0 saturated heterocycles. The van der Waals surface area contributed by atoms with Crippen LogP contribution in [0.15, 0.2) is 28.1 Å². The number of rotatable bonds is 2. The zero-order valence-corrected chi connectivity index (χ0v) is 10.5. The van der Waals surface area contributed by atoms with E-state index in [9.17, 15) is 8.42 Å². The first-order valence-corrected chi connectivity index (χ1v) is 6.64. The Bertz CT molecular complexity index is 580. The molecular weight excluding hydrogens is 240 g/mol. The van der Waals surface area contributed by atoms with Gasteiger partial charge in [0.15, 0.2) is 0 Å². The van der Waals surface area contributed by atoms with Crippen LogP contribution in [0.25, 0.3) is 0 Å². The molecule has 0 fully saturated rings. The number of benzene rings is 1. The quantitative estimate of drug-likeness (QED) is 0.774. The standard InChI is InChI=1S/C11H14N2O3S/c1-8-3-4-9(17(14,15)16)7-10(8)11(2)12-5-6-13-11/h3-5,7,13H,6H2,1-2H3,(H,14,15,16). The second-order valence-corrected chi connectivity index (χ2v) is 5.64. The van der Waals surface area contributed by atoms with Gasteiger partial charge in [-0.2, -0.15) is 8.42 Å². The molecule has 0 aromatic heterocycles. The summed E-state index contributed by atoms with van der Waals surface area (Å²) in [6, 6.07) is 4.51. The van der Waals surface area contributed by atoms with E-state index in [1.807, 2.05) is 13.8 Å². The monoisotopic (exact) mass is 254 g/mol. The molecule has 0 radical (unpaired) electrons. The summed E-state index contributed by atoms with van der Waals surface area (Å²) < 4.78 is 31.3. The van der Waals surface area contributed by atoms with Crippen LogP contribution in [0, 0.1) is 6.92 Å². The van der Waals surface area contributed by atoms with Gasteiger partial charge in [0.1, 0.15) is 5.66 Å². The van der Waals surface area contributed by atoms with Crippen molar-refractivity contribution in [1.82, 2.24) is 5.32 Å². The van der Waals surface area contributed by atoms with Gasteiger partial charge < -0.3 is 0 Å². The lowest BCUT2D eigenvalue weighted by Crippen LogP contribution is -2.34. The highest BCUT2D eigenvalue weighted by atomic mass is 32.2. The zero-order valence-electron chi connectivity index (χ0n) is 9.64. The maximum Gasteiger partial charge on any atom is 0.294 e. The van der Waals surface area contributed by atoms with Crippen LogP contribution in [0.3, 0.4) is 0 Å². The minimum atomic E-state index is -4.18. The minimum Gasteiger partial charge on any atom is -0.285 e.